The molecule has 2 aromatic rings. The van der Waals surface area contributed by atoms with Crippen LogP contribution in [0, 0.1) is 5.95 Å². The Morgan fingerprint density at radius 2 is 2.14 bits per heavy atom. The highest BCUT2D eigenvalue weighted by molar-refractivity contribution is 6.00. The predicted molar refractivity (Wildman–Crippen MR) is 69.2 cm³/mol. The van der Waals surface area contributed by atoms with Gasteiger partial charge in [0.1, 0.15) is 0 Å². The first-order valence-electron chi connectivity index (χ1n) is 6.76. The van der Waals surface area contributed by atoms with E-state index in [2.05, 4.69) is 20.7 Å². The van der Waals surface area contributed by atoms with E-state index >= 15 is 0 Å². The number of imidazole rings is 1. The van der Waals surface area contributed by atoms with Crippen LogP contribution in [0.4, 0.5) is 9.18 Å². The third-order valence-electron chi connectivity index (χ3n) is 3.87. The summed E-state index contributed by atoms with van der Waals surface area (Å²) >= 11 is 0. The Morgan fingerprint density at radius 1 is 1.33 bits per heavy atom. The van der Waals surface area contributed by atoms with Gasteiger partial charge in [0.15, 0.2) is 5.65 Å². The highest BCUT2D eigenvalue weighted by atomic mass is 19.1. The molecule has 2 aliphatic rings. The highest BCUT2D eigenvalue weighted by Crippen LogP contribution is 2.42. The topological polar surface area (TPSA) is 88.4 Å². The van der Waals surface area contributed by atoms with Gasteiger partial charge in [-0.1, -0.05) is 0 Å². The smallest absolute Gasteiger partial charge is 0.321 e. The van der Waals surface area contributed by atoms with Crippen molar-refractivity contribution in [1.82, 2.24) is 25.2 Å². The summed E-state index contributed by atoms with van der Waals surface area (Å²) in [5.74, 6) is -1.26. The van der Waals surface area contributed by atoms with Crippen molar-refractivity contribution in [2.75, 3.05) is 6.54 Å². The normalized spacial score (nSPS) is 22.2. The second kappa shape index (κ2) is 4.24. The van der Waals surface area contributed by atoms with Crippen molar-refractivity contribution >= 4 is 17.6 Å². The number of halogens is 1. The van der Waals surface area contributed by atoms with Gasteiger partial charge in [-0.25, -0.2) is 9.78 Å². The first-order valence-corrected chi connectivity index (χ1v) is 6.76. The number of hydrogen-bond acceptors (Lipinski definition) is 4. The lowest BCUT2D eigenvalue weighted by Gasteiger charge is -2.22. The summed E-state index contributed by atoms with van der Waals surface area (Å²) in [6.07, 6.45) is 3.18. The minimum absolute atomic E-state index is 0.156. The Balaban J connectivity index is 1.83. The maximum atomic E-state index is 13.8. The number of amides is 3. The lowest BCUT2D eigenvalue weighted by atomic mass is 10.0. The quantitative estimate of drug-likeness (QED) is 0.850. The third kappa shape index (κ3) is 1.94. The van der Waals surface area contributed by atoms with E-state index in [1.807, 2.05) is 0 Å². The maximum absolute atomic E-state index is 13.8. The van der Waals surface area contributed by atoms with Gasteiger partial charge in [-0.15, -0.1) is 0 Å². The molecule has 108 valence electrons. The molecule has 0 aromatic carbocycles. The molecule has 0 bridgehead atoms. The number of nitrogens with one attached hydrogen (secondary N) is 2. The number of rotatable bonds is 2. The number of imide groups is 1. The van der Waals surface area contributed by atoms with E-state index in [0.29, 0.717) is 17.3 Å². The Labute approximate surface area is 118 Å². The number of urea groups is 1. The van der Waals surface area contributed by atoms with Crippen molar-refractivity contribution in [3.63, 3.8) is 0 Å². The van der Waals surface area contributed by atoms with Gasteiger partial charge in [0.05, 0.1) is 17.8 Å². The van der Waals surface area contributed by atoms with E-state index in [4.69, 9.17) is 0 Å². The Bertz CT molecular complexity index is 767. The zero-order valence-corrected chi connectivity index (χ0v) is 11.0. The molecule has 1 saturated carbocycles. The maximum Gasteiger partial charge on any atom is 0.321 e. The largest absolute Gasteiger partial charge is 0.337 e. The molecular weight excluding hydrogens is 277 g/mol. The van der Waals surface area contributed by atoms with Gasteiger partial charge in [0.25, 0.3) is 0 Å². The molecule has 0 spiro atoms. The molecule has 4 rings (SSSR count). The van der Waals surface area contributed by atoms with Crippen molar-refractivity contribution in [3.8, 4) is 0 Å². The molecule has 21 heavy (non-hydrogen) atoms. The summed E-state index contributed by atoms with van der Waals surface area (Å²) < 4.78 is 14.9. The van der Waals surface area contributed by atoms with Gasteiger partial charge in [-0.2, -0.15) is 14.0 Å². The molecule has 1 saturated heterocycles. The average molecular weight is 289 g/mol. The lowest BCUT2D eigenvalue weighted by molar-refractivity contribution is -0.122. The van der Waals surface area contributed by atoms with Gasteiger partial charge in [-0.05, 0) is 24.8 Å². The van der Waals surface area contributed by atoms with Gasteiger partial charge >= 0.3 is 6.03 Å². The molecule has 3 heterocycles. The second-order valence-electron chi connectivity index (χ2n) is 5.37. The van der Waals surface area contributed by atoms with Crippen LogP contribution < -0.4 is 10.6 Å². The number of hydrogen-bond donors (Lipinski definition) is 2. The molecule has 8 heteroatoms. The van der Waals surface area contributed by atoms with Crippen LogP contribution >= 0.6 is 0 Å². The number of carbonyl (C=O) groups is 2. The summed E-state index contributed by atoms with van der Waals surface area (Å²) in [5.41, 5.74) is 1.85. The van der Waals surface area contributed by atoms with Gasteiger partial charge < -0.3 is 5.32 Å². The van der Waals surface area contributed by atoms with Crippen molar-refractivity contribution in [1.29, 1.82) is 0 Å². The SMILES string of the molecule is O=C1NCC(c2cc(C3CC3)c3ncc(F)n3n2)C(=O)N1. The first-order chi connectivity index (χ1) is 10.1. The van der Waals surface area contributed by atoms with E-state index in [1.165, 1.54) is 0 Å². The van der Waals surface area contributed by atoms with Crippen LogP contribution in [0.25, 0.3) is 5.65 Å². The zero-order chi connectivity index (χ0) is 14.6. The molecule has 2 aromatic heterocycles. The summed E-state index contributed by atoms with van der Waals surface area (Å²) in [7, 11) is 0. The Morgan fingerprint density at radius 3 is 2.86 bits per heavy atom. The number of nitrogens with zero attached hydrogens (tertiary/aromatic N) is 3. The molecular formula is C13H12FN5O2. The fourth-order valence-corrected chi connectivity index (χ4v) is 2.62. The van der Waals surface area contributed by atoms with E-state index in [0.717, 1.165) is 29.1 Å². The molecule has 2 N–H and O–H groups in total. The Hall–Kier alpha value is -2.51. The zero-order valence-electron chi connectivity index (χ0n) is 11.0. The third-order valence-corrected chi connectivity index (χ3v) is 3.87. The minimum Gasteiger partial charge on any atom is -0.337 e. The fraction of sp³-hybridized carbons (Fsp3) is 0.385. The molecule has 7 nitrogen and oxygen atoms in total. The highest BCUT2D eigenvalue weighted by Gasteiger charge is 2.33. The van der Waals surface area contributed by atoms with Crippen LogP contribution in [0.5, 0.6) is 0 Å². The van der Waals surface area contributed by atoms with Crippen molar-refractivity contribution in [2.24, 2.45) is 0 Å². The van der Waals surface area contributed by atoms with E-state index in [9.17, 15) is 14.0 Å². The van der Waals surface area contributed by atoms with Crippen LogP contribution in [0.15, 0.2) is 12.3 Å². The molecule has 1 aliphatic carbocycles. The van der Waals surface area contributed by atoms with Crippen LogP contribution in [0.2, 0.25) is 0 Å². The van der Waals surface area contributed by atoms with Gasteiger partial charge in [-0.3, -0.25) is 10.1 Å². The first kappa shape index (κ1) is 12.2. The molecule has 1 aliphatic heterocycles. The summed E-state index contributed by atoms with van der Waals surface area (Å²) in [5, 5.41) is 8.93. The van der Waals surface area contributed by atoms with Gasteiger partial charge in [0, 0.05) is 12.1 Å². The number of aromatic nitrogens is 3. The predicted octanol–water partition coefficient (Wildman–Crippen LogP) is 0.669. The van der Waals surface area contributed by atoms with Crippen LogP contribution in [-0.2, 0) is 4.79 Å². The molecule has 2 fully saturated rings. The molecule has 1 atom stereocenters. The van der Waals surface area contributed by atoms with E-state index < -0.39 is 23.8 Å². The van der Waals surface area contributed by atoms with Crippen LogP contribution in [0.1, 0.15) is 35.9 Å². The van der Waals surface area contributed by atoms with Crippen LogP contribution in [0.3, 0.4) is 0 Å². The van der Waals surface area contributed by atoms with E-state index in [-0.39, 0.29) is 6.54 Å². The van der Waals surface area contributed by atoms with Gasteiger partial charge in [0.2, 0.25) is 11.9 Å². The minimum atomic E-state index is -0.619. The van der Waals surface area contributed by atoms with Crippen molar-refractivity contribution in [2.45, 2.75) is 24.7 Å². The summed E-state index contributed by atoms with van der Waals surface area (Å²) in [6, 6.07) is 1.29. The van der Waals surface area contributed by atoms with Crippen molar-refractivity contribution < 1.29 is 14.0 Å². The monoisotopic (exact) mass is 289 g/mol. The van der Waals surface area contributed by atoms with Crippen LogP contribution in [-0.4, -0.2) is 33.1 Å². The standard InChI is InChI=1S/C13H12FN5O2/c14-10-5-15-11-7(6-1-2-6)3-9(18-19(10)11)8-4-16-13(21)17-12(8)20/h3,5-6,8H,1-2,4H2,(H2,16,17,20,21). The summed E-state index contributed by atoms with van der Waals surface area (Å²) in [6.45, 7) is 0.156. The number of carbonyl (C=O) groups excluding carboxylic acids is 2. The molecule has 1 unspecified atom stereocenters. The fourth-order valence-electron chi connectivity index (χ4n) is 2.62. The second-order valence-corrected chi connectivity index (χ2v) is 5.37. The van der Waals surface area contributed by atoms with Crippen molar-refractivity contribution in [3.05, 3.63) is 29.5 Å². The number of fused-ring (bicyclic) bond motifs is 1. The summed E-state index contributed by atoms with van der Waals surface area (Å²) in [4.78, 5) is 27.1. The average Bonchev–Trinajstić information content (AvgIpc) is 3.23. The molecule has 0 radical (unpaired) electrons. The molecule has 3 amide bonds. The lowest BCUT2D eigenvalue weighted by Crippen LogP contribution is -2.51. The van der Waals surface area contributed by atoms with E-state index in [1.54, 1.807) is 6.07 Å². The Kier molecular flexibility index (Phi) is 2.47.